The van der Waals surface area contributed by atoms with Crippen molar-refractivity contribution >= 4 is 11.5 Å². The first kappa shape index (κ1) is 15.8. The summed E-state index contributed by atoms with van der Waals surface area (Å²) in [5.74, 6) is 0.490. The molecule has 25 heavy (non-hydrogen) atoms. The van der Waals surface area contributed by atoms with Gasteiger partial charge in [0.2, 0.25) is 0 Å². The molecule has 128 valence electrons. The maximum atomic E-state index is 13.0. The number of hydrogen-bond donors (Lipinski definition) is 0. The molecule has 0 amide bonds. The Hall–Kier alpha value is -2.72. The van der Waals surface area contributed by atoms with Crippen LogP contribution in [0, 0.1) is 17.1 Å². The van der Waals surface area contributed by atoms with Gasteiger partial charge >= 0.3 is 0 Å². The van der Waals surface area contributed by atoms with E-state index in [1.54, 1.807) is 12.3 Å². The van der Waals surface area contributed by atoms with Gasteiger partial charge in [-0.15, -0.1) is 5.10 Å². The first-order valence-electron chi connectivity index (χ1n) is 8.46. The van der Waals surface area contributed by atoms with Crippen LogP contribution in [0.5, 0.6) is 0 Å². The molecule has 7 heteroatoms. The number of piperazine rings is 1. The molecule has 0 spiro atoms. The van der Waals surface area contributed by atoms with E-state index in [-0.39, 0.29) is 5.82 Å². The van der Waals surface area contributed by atoms with Crippen LogP contribution in [0.25, 0.3) is 0 Å². The van der Waals surface area contributed by atoms with Crippen molar-refractivity contribution in [2.24, 2.45) is 0 Å². The lowest BCUT2D eigenvalue weighted by molar-refractivity contribution is 0.156. The van der Waals surface area contributed by atoms with Crippen LogP contribution in [0.2, 0.25) is 0 Å². The standard InChI is InChI=1S/C18H19FN6/c19-15-1-3-16(4-2-15)23-7-9-24(10-8-23)17-12-25(13-17)18-14(11-20)5-6-21-22-18/h1-6,17H,7-10,12-13H2. The number of anilines is 2. The third-order valence-electron chi connectivity index (χ3n) is 5.01. The van der Waals surface area contributed by atoms with Gasteiger partial charge in [0.05, 0.1) is 11.8 Å². The molecule has 4 rings (SSSR count). The highest BCUT2D eigenvalue weighted by Gasteiger charge is 2.35. The molecule has 0 radical (unpaired) electrons. The van der Waals surface area contributed by atoms with E-state index >= 15 is 0 Å². The van der Waals surface area contributed by atoms with Crippen LogP contribution in [0.15, 0.2) is 36.5 Å². The van der Waals surface area contributed by atoms with E-state index in [1.807, 2.05) is 12.1 Å². The van der Waals surface area contributed by atoms with Gasteiger partial charge in [-0.3, -0.25) is 4.90 Å². The Labute approximate surface area is 146 Å². The number of rotatable bonds is 3. The van der Waals surface area contributed by atoms with Crippen molar-refractivity contribution in [2.45, 2.75) is 6.04 Å². The second kappa shape index (κ2) is 6.65. The molecule has 2 aliphatic rings. The molecular formula is C18H19FN6. The van der Waals surface area contributed by atoms with E-state index in [4.69, 9.17) is 0 Å². The van der Waals surface area contributed by atoms with Crippen molar-refractivity contribution in [3.8, 4) is 6.07 Å². The van der Waals surface area contributed by atoms with Crippen LogP contribution >= 0.6 is 0 Å². The van der Waals surface area contributed by atoms with Gasteiger partial charge in [-0.25, -0.2) is 4.39 Å². The lowest BCUT2D eigenvalue weighted by atomic mass is 10.0. The van der Waals surface area contributed by atoms with Gasteiger partial charge in [0, 0.05) is 51.0 Å². The SMILES string of the molecule is N#Cc1ccnnc1N1CC(N2CCN(c3ccc(F)cc3)CC2)C1. The number of nitriles is 1. The molecule has 0 atom stereocenters. The van der Waals surface area contributed by atoms with Gasteiger partial charge in [0.1, 0.15) is 11.9 Å². The molecule has 2 aromatic rings. The number of nitrogens with zero attached hydrogens (tertiary/aromatic N) is 6. The molecule has 6 nitrogen and oxygen atoms in total. The minimum absolute atomic E-state index is 0.197. The summed E-state index contributed by atoms with van der Waals surface area (Å²) < 4.78 is 13.0. The molecular weight excluding hydrogens is 319 g/mol. The van der Waals surface area contributed by atoms with E-state index in [1.165, 1.54) is 12.1 Å². The Morgan fingerprint density at radius 1 is 1.00 bits per heavy atom. The average molecular weight is 338 g/mol. The zero-order chi connectivity index (χ0) is 17.2. The predicted molar refractivity (Wildman–Crippen MR) is 92.9 cm³/mol. The summed E-state index contributed by atoms with van der Waals surface area (Å²) in [6, 6.07) is 11.1. The monoisotopic (exact) mass is 338 g/mol. The Balaban J connectivity index is 1.31. The fourth-order valence-electron chi connectivity index (χ4n) is 3.50. The van der Waals surface area contributed by atoms with Crippen LogP contribution in [0.3, 0.4) is 0 Å². The zero-order valence-corrected chi connectivity index (χ0v) is 13.8. The Bertz CT molecular complexity index is 773. The molecule has 2 fully saturated rings. The summed E-state index contributed by atoms with van der Waals surface area (Å²) in [4.78, 5) is 6.89. The molecule has 2 saturated heterocycles. The quantitative estimate of drug-likeness (QED) is 0.845. The third kappa shape index (κ3) is 3.13. The largest absolute Gasteiger partial charge is 0.369 e. The van der Waals surface area contributed by atoms with E-state index in [9.17, 15) is 9.65 Å². The highest BCUT2D eigenvalue weighted by atomic mass is 19.1. The lowest BCUT2D eigenvalue weighted by Gasteiger charge is -2.48. The summed E-state index contributed by atoms with van der Waals surface area (Å²) in [7, 11) is 0. The second-order valence-electron chi connectivity index (χ2n) is 6.44. The summed E-state index contributed by atoms with van der Waals surface area (Å²) in [6.45, 7) is 5.62. The molecule has 0 aliphatic carbocycles. The van der Waals surface area contributed by atoms with Gasteiger partial charge in [0.25, 0.3) is 0 Å². The maximum Gasteiger partial charge on any atom is 0.169 e. The molecule has 2 aliphatic heterocycles. The van der Waals surface area contributed by atoms with Crippen LogP contribution < -0.4 is 9.80 Å². The third-order valence-corrected chi connectivity index (χ3v) is 5.01. The highest BCUT2D eigenvalue weighted by Crippen LogP contribution is 2.25. The van der Waals surface area contributed by atoms with Crippen LogP contribution in [0.1, 0.15) is 5.56 Å². The van der Waals surface area contributed by atoms with Crippen molar-refractivity contribution in [3.63, 3.8) is 0 Å². The van der Waals surface area contributed by atoms with Gasteiger partial charge in [-0.2, -0.15) is 10.4 Å². The summed E-state index contributed by atoms with van der Waals surface area (Å²) in [6.07, 6.45) is 1.55. The van der Waals surface area contributed by atoms with Gasteiger partial charge in [-0.05, 0) is 30.3 Å². The van der Waals surface area contributed by atoms with Crippen molar-refractivity contribution in [1.82, 2.24) is 15.1 Å². The van der Waals surface area contributed by atoms with Crippen LogP contribution in [-0.2, 0) is 0 Å². The molecule has 0 N–H and O–H groups in total. The van der Waals surface area contributed by atoms with Crippen molar-refractivity contribution in [1.29, 1.82) is 5.26 Å². The van der Waals surface area contributed by atoms with E-state index < -0.39 is 0 Å². The Morgan fingerprint density at radius 2 is 1.72 bits per heavy atom. The first-order chi connectivity index (χ1) is 12.2. The summed E-state index contributed by atoms with van der Waals surface area (Å²) in [5.41, 5.74) is 1.66. The van der Waals surface area contributed by atoms with E-state index in [0.717, 1.165) is 45.0 Å². The van der Waals surface area contributed by atoms with Crippen LogP contribution in [0.4, 0.5) is 15.9 Å². The fourth-order valence-corrected chi connectivity index (χ4v) is 3.50. The maximum absolute atomic E-state index is 13.0. The first-order valence-corrected chi connectivity index (χ1v) is 8.46. The number of halogens is 1. The molecule has 0 unspecified atom stereocenters. The van der Waals surface area contributed by atoms with Crippen molar-refractivity contribution in [3.05, 3.63) is 47.9 Å². The minimum Gasteiger partial charge on any atom is -0.369 e. The highest BCUT2D eigenvalue weighted by molar-refractivity contribution is 5.54. The van der Waals surface area contributed by atoms with Gasteiger partial charge in [-0.1, -0.05) is 0 Å². The van der Waals surface area contributed by atoms with E-state index in [0.29, 0.717) is 17.4 Å². The average Bonchev–Trinajstić information content (AvgIpc) is 2.62. The van der Waals surface area contributed by atoms with Crippen LogP contribution in [-0.4, -0.2) is 60.4 Å². The zero-order valence-electron chi connectivity index (χ0n) is 13.8. The predicted octanol–water partition coefficient (Wildman–Crippen LogP) is 1.50. The normalized spacial score (nSPS) is 18.7. The number of hydrogen-bond acceptors (Lipinski definition) is 6. The lowest BCUT2D eigenvalue weighted by Crippen LogP contribution is -2.63. The van der Waals surface area contributed by atoms with Crippen molar-refractivity contribution in [2.75, 3.05) is 49.1 Å². The Morgan fingerprint density at radius 3 is 2.40 bits per heavy atom. The van der Waals surface area contributed by atoms with E-state index in [2.05, 4.69) is 31.0 Å². The Kier molecular flexibility index (Phi) is 4.20. The fraction of sp³-hybridized carbons (Fsp3) is 0.389. The summed E-state index contributed by atoms with van der Waals surface area (Å²) >= 11 is 0. The number of benzene rings is 1. The topological polar surface area (TPSA) is 59.3 Å². The molecule has 0 saturated carbocycles. The molecule has 0 bridgehead atoms. The smallest absolute Gasteiger partial charge is 0.169 e. The minimum atomic E-state index is -0.197. The van der Waals surface area contributed by atoms with Crippen molar-refractivity contribution < 1.29 is 4.39 Å². The second-order valence-corrected chi connectivity index (χ2v) is 6.44. The number of aromatic nitrogens is 2. The molecule has 1 aromatic carbocycles. The summed E-state index contributed by atoms with van der Waals surface area (Å²) in [5, 5.41) is 17.2. The molecule has 1 aromatic heterocycles. The van der Waals surface area contributed by atoms with Gasteiger partial charge < -0.3 is 9.80 Å². The van der Waals surface area contributed by atoms with Gasteiger partial charge in [0.15, 0.2) is 5.82 Å². The molecule has 3 heterocycles.